The molecule has 1 aromatic rings. The number of hydrogen-bond donors (Lipinski definition) is 0. The van der Waals surface area contributed by atoms with Crippen molar-refractivity contribution in [1.82, 2.24) is 0 Å². The van der Waals surface area contributed by atoms with Gasteiger partial charge in [-0.15, -0.1) is 11.6 Å². The van der Waals surface area contributed by atoms with Gasteiger partial charge in [-0.05, 0) is 30.9 Å². The molecule has 13 heavy (non-hydrogen) atoms. The van der Waals surface area contributed by atoms with Crippen LogP contribution in [0.5, 0.6) is 0 Å². The van der Waals surface area contributed by atoms with E-state index < -0.39 is 0 Å². The molecular weight excluding hydrogens is 203 g/mol. The number of aryl methyl sites for hydroxylation is 1. The lowest BCUT2D eigenvalue weighted by atomic mass is 10.1. The smallest absolute Gasteiger partial charge is 0.0437 e. The highest BCUT2D eigenvalue weighted by Crippen LogP contribution is 2.17. The van der Waals surface area contributed by atoms with Gasteiger partial charge in [-0.3, -0.25) is 0 Å². The van der Waals surface area contributed by atoms with Gasteiger partial charge in [0, 0.05) is 10.9 Å². The van der Waals surface area contributed by atoms with Crippen LogP contribution < -0.4 is 0 Å². The predicted molar refractivity (Wildman–Crippen MR) is 59.7 cm³/mol. The van der Waals surface area contributed by atoms with Crippen molar-refractivity contribution >= 4 is 23.2 Å². The maximum atomic E-state index is 6.01. The molecule has 1 rings (SSSR count). The van der Waals surface area contributed by atoms with Crippen molar-refractivity contribution in [2.45, 2.75) is 25.7 Å². The van der Waals surface area contributed by atoms with E-state index in [0.717, 1.165) is 23.7 Å². The van der Waals surface area contributed by atoms with Crippen LogP contribution >= 0.6 is 23.2 Å². The summed E-state index contributed by atoms with van der Waals surface area (Å²) in [4.78, 5) is 0. The largest absolute Gasteiger partial charge is 0.127 e. The molecule has 0 aliphatic heterocycles. The van der Waals surface area contributed by atoms with Gasteiger partial charge in [0.15, 0.2) is 0 Å². The number of benzene rings is 1. The van der Waals surface area contributed by atoms with E-state index >= 15 is 0 Å². The Kier molecular flexibility index (Phi) is 5.26. The molecule has 72 valence electrons. The molecule has 0 nitrogen and oxygen atoms in total. The van der Waals surface area contributed by atoms with Gasteiger partial charge in [-0.1, -0.05) is 36.2 Å². The Morgan fingerprint density at radius 2 is 1.77 bits per heavy atom. The SMILES string of the molecule is ClCCCCCc1ccccc1Cl. The molecule has 0 amide bonds. The molecule has 0 fully saturated rings. The lowest BCUT2D eigenvalue weighted by molar-refractivity contribution is 0.721. The standard InChI is InChI=1S/C11H14Cl2/c12-9-5-1-2-6-10-7-3-4-8-11(10)13/h3-4,7-8H,1-2,5-6,9H2. The molecule has 0 unspecified atom stereocenters. The van der Waals surface area contributed by atoms with Crippen LogP contribution in [0, 0.1) is 0 Å². The minimum atomic E-state index is 0.766. The highest BCUT2D eigenvalue weighted by Gasteiger charge is 1.97. The third kappa shape index (κ3) is 4.02. The summed E-state index contributed by atoms with van der Waals surface area (Å²) in [5.41, 5.74) is 1.25. The number of rotatable bonds is 5. The van der Waals surface area contributed by atoms with Gasteiger partial charge in [0.25, 0.3) is 0 Å². The average Bonchev–Trinajstić information content (AvgIpc) is 2.15. The van der Waals surface area contributed by atoms with Crippen molar-refractivity contribution in [1.29, 1.82) is 0 Å². The van der Waals surface area contributed by atoms with Crippen LogP contribution in [0.1, 0.15) is 24.8 Å². The molecule has 0 radical (unpaired) electrons. The first kappa shape index (κ1) is 10.9. The van der Waals surface area contributed by atoms with Gasteiger partial charge in [-0.25, -0.2) is 0 Å². The molecule has 0 atom stereocenters. The monoisotopic (exact) mass is 216 g/mol. The maximum absolute atomic E-state index is 6.01. The van der Waals surface area contributed by atoms with E-state index in [2.05, 4.69) is 6.07 Å². The Balaban J connectivity index is 2.32. The van der Waals surface area contributed by atoms with Crippen LogP contribution in [0.4, 0.5) is 0 Å². The summed E-state index contributed by atoms with van der Waals surface area (Å²) in [6, 6.07) is 8.02. The van der Waals surface area contributed by atoms with E-state index in [0.29, 0.717) is 0 Å². The highest BCUT2D eigenvalue weighted by molar-refractivity contribution is 6.31. The fraction of sp³-hybridized carbons (Fsp3) is 0.455. The first-order valence-corrected chi connectivity index (χ1v) is 5.55. The van der Waals surface area contributed by atoms with Crippen LogP contribution in [0.15, 0.2) is 24.3 Å². The first-order valence-electron chi connectivity index (χ1n) is 4.64. The fourth-order valence-electron chi connectivity index (χ4n) is 1.29. The predicted octanol–water partition coefficient (Wildman–Crippen LogP) is 4.29. The molecule has 0 aliphatic carbocycles. The topological polar surface area (TPSA) is 0 Å². The number of hydrogen-bond acceptors (Lipinski definition) is 0. The summed E-state index contributed by atoms with van der Waals surface area (Å²) >= 11 is 11.6. The second kappa shape index (κ2) is 6.28. The lowest BCUT2D eigenvalue weighted by Gasteiger charge is -2.02. The van der Waals surface area contributed by atoms with Gasteiger partial charge >= 0.3 is 0 Å². The van der Waals surface area contributed by atoms with Crippen molar-refractivity contribution in [3.05, 3.63) is 34.9 Å². The molecule has 0 aliphatic rings. The van der Waals surface area contributed by atoms with Crippen LogP contribution in [-0.2, 0) is 6.42 Å². The van der Waals surface area contributed by atoms with Crippen molar-refractivity contribution in [2.75, 3.05) is 5.88 Å². The minimum Gasteiger partial charge on any atom is -0.127 e. The van der Waals surface area contributed by atoms with E-state index in [1.54, 1.807) is 0 Å². The number of unbranched alkanes of at least 4 members (excludes halogenated alkanes) is 2. The zero-order valence-electron chi connectivity index (χ0n) is 7.60. The summed E-state index contributed by atoms with van der Waals surface area (Å²) < 4.78 is 0. The van der Waals surface area contributed by atoms with E-state index in [-0.39, 0.29) is 0 Å². The number of alkyl halides is 1. The third-order valence-electron chi connectivity index (χ3n) is 2.04. The zero-order valence-corrected chi connectivity index (χ0v) is 9.11. The average molecular weight is 217 g/mol. The van der Waals surface area contributed by atoms with Crippen LogP contribution in [-0.4, -0.2) is 5.88 Å². The summed E-state index contributed by atoms with van der Waals surface area (Å²) in [6.45, 7) is 0. The van der Waals surface area contributed by atoms with Gasteiger partial charge in [-0.2, -0.15) is 0 Å². The van der Waals surface area contributed by atoms with E-state index in [1.165, 1.54) is 18.4 Å². The molecule has 0 aromatic heterocycles. The lowest BCUT2D eigenvalue weighted by Crippen LogP contribution is -1.87. The Morgan fingerprint density at radius 3 is 2.46 bits per heavy atom. The third-order valence-corrected chi connectivity index (χ3v) is 2.67. The zero-order chi connectivity index (χ0) is 9.52. The minimum absolute atomic E-state index is 0.766. The van der Waals surface area contributed by atoms with Gasteiger partial charge in [0.2, 0.25) is 0 Å². The second-order valence-corrected chi connectivity index (χ2v) is 3.88. The highest BCUT2D eigenvalue weighted by atomic mass is 35.5. The normalized spacial score (nSPS) is 10.3. The summed E-state index contributed by atoms with van der Waals surface area (Å²) in [7, 11) is 0. The van der Waals surface area contributed by atoms with Gasteiger partial charge < -0.3 is 0 Å². The molecule has 0 saturated carbocycles. The molecule has 0 heterocycles. The Bertz CT molecular complexity index is 246. The molecule has 0 spiro atoms. The molecule has 1 aromatic carbocycles. The maximum Gasteiger partial charge on any atom is 0.0437 e. The summed E-state index contributed by atoms with van der Waals surface area (Å²) in [6.07, 6.45) is 4.54. The quantitative estimate of drug-likeness (QED) is 0.509. The van der Waals surface area contributed by atoms with Crippen molar-refractivity contribution < 1.29 is 0 Å². The Labute approximate surface area is 89.9 Å². The fourth-order valence-corrected chi connectivity index (χ4v) is 1.71. The summed E-state index contributed by atoms with van der Waals surface area (Å²) in [5, 5.41) is 0.883. The molecule has 0 saturated heterocycles. The number of halogens is 2. The van der Waals surface area contributed by atoms with E-state index in [9.17, 15) is 0 Å². The Morgan fingerprint density at radius 1 is 1.00 bits per heavy atom. The van der Waals surface area contributed by atoms with Crippen molar-refractivity contribution in [3.8, 4) is 0 Å². The van der Waals surface area contributed by atoms with Crippen molar-refractivity contribution in [2.24, 2.45) is 0 Å². The van der Waals surface area contributed by atoms with E-state index in [4.69, 9.17) is 23.2 Å². The first-order chi connectivity index (χ1) is 6.34. The van der Waals surface area contributed by atoms with Gasteiger partial charge in [0.1, 0.15) is 0 Å². The molecular formula is C11H14Cl2. The summed E-state index contributed by atoms with van der Waals surface area (Å²) in [5.74, 6) is 0.766. The Hall–Kier alpha value is -0.200. The van der Waals surface area contributed by atoms with Gasteiger partial charge in [0.05, 0.1) is 0 Å². The van der Waals surface area contributed by atoms with Crippen molar-refractivity contribution in [3.63, 3.8) is 0 Å². The van der Waals surface area contributed by atoms with Crippen LogP contribution in [0.3, 0.4) is 0 Å². The molecule has 0 bridgehead atoms. The second-order valence-electron chi connectivity index (χ2n) is 3.09. The van der Waals surface area contributed by atoms with E-state index in [1.807, 2.05) is 18.2 Å². The molecule has 0 N–H and O–H groups in total. The van der Waals surface area contributed by atoms with Crippen LogP contribution in [0.25, 0.3) is 0 Å². The van der Waals surface area contributed by atoms with Crippen LogP contribution in [0.2, 0.25) is 5.02 Å². The molecule has 2 heteroatoms.